The lowest BCUT2D eigenvalue weighted by atomic mass is 9.73. The molecule has 0 saturated carbocycles. The number of aliphatic hydroxyl groups excluding tert-OH is 1. The quantitative estimate of drug-likeness (QED) is 0.839. The minimum atomic E-state index is -0.489. The summed E-state index contributed by atoms with van der Waals surface area (Å²) >= 11 is 0. The summed E-state index contributed by atoms with van der Waals surface area (Å²) in [4.78, 5) is 0. The molecule has 1 aliphatic rings. The zero-order valence-corrected chi connectivity index (χ0v) is 10.4. The molecule has 0 spiro atoms. The van der Waals surface area contributed by atoms with Crippen LogP contribution in [0.25, 0.3) is 0 Å². The highest BCUT2D eigenvalue weighted by molar-refractivity contribution is 5.25. The van der Waals surface area contributed by atoms with Gasteiger partial charge in [-0.15, -0.1) is 0 Å². The molecule has 94 valence electrons. The molecule has 3 nitrogen and oxygen atoms in total. The lowest BCUT2D eigenvalue weighted by molar-refractivity contribution is -0.0581. The van der Waals surface area contributed by atoms with E-state index >= 15 is 0 Å². The van der Waals surface area contributed by atoms with Crippen molar-refractivity contribution in [1.29, 1.82) is 0 Å². The Labute approximate surface area is 103 Å². The fourth-order valence-corrected chi connectivity index (χ4v) is 2.47. The van der Waals surface area contributed by atoms with Crippen LogP contribution in [0.3, 0.4) is 0 Å². The second-order valence-corrected chi connectivity index (χ2v) is 4.99. The SMILES string of the molecule is Cc1ccc([C@H](O)C2(CN)CCOCC2)cc1. The van der Waals surface area contributed by atoms with Crippen molar-refractivity contribution in [3.05, 3.63) is 35.4 Å². The Bertz CT molecular complexity index is 355. The molecular formula is C14H21NO2. The van der Waals surface area contributed by atoms with Crippen LogP contribution in [0.2, 0.25) is 0 Å². The zero-order valence-electron chi connectivity index (χ0n) is 10.4. The highest BCUT2D eigenvalue weighted by atomic mass is 16.5. The summed E-state index contributed by atoms with van der Waals surface area (Å²) in [5.41, 5.74) is 7.84. The summed E-state index contributed by atoms with van der Waals surface area (Å²) in [7, 11) is 0. The normalized spacial score (nSPS) is 21.1. The van der Waals surface area contributed by atoms with Gasteiger partial charge in [-0.25, -0.2) is 0 Å². The van der Waals surface area contributed by atoms with Gasteiger partial charge in [0, 0.05) is 25.2 Å². The van der Waals surface area contributed by atoms with Gasteiger partial charge in [-0.3, -0.25) is 0 Å². The molecule has 0 amide bonds. The molecule has 1 fully saturated rings. The topological polar surface area (TPSA) is 55.5 Å². The standard InChI is InChI=1S/C14H21NO2/c1-11-2-4-12(5-3-11)13(16)14(10-15)6-8-17-9-7-14/h2-5,13,16H,6-10,15H2,1H3/t13-/m0/s1. The molecule has 0 radical (unpaired) electrons. The first-order valence-electron chi connectivity index (χ1n) is 6.20. The average molecular weight is 235 g/mol. The van der Waals surface area contributed by atoms with Crippen molar-refractivity contribution in [3.8, 4) is 0 Å². The maximum atomic E-state index is 10.6. The lowest BCUT2D eigenvalue weighted by Crippen LogP contribution is -2.41. The van der Waals surface area contributed by atoms with Gasteiger partial charge in [0.2, 0.25) is 0 Å². The molecule has 0 aliphatic carbocycles. The first-order valence-corrected chi connectivity index (χ1v) is 6.20. The van der Waals surface area contributed by atoms with Gasteiger partial charge in [-0.1, -0.05) is 29.8 Å². The predicted molar refractivity (Wildman–Crippen MR) is 67.7 cm³/mol. The maximum absolute atomic E-state index is 10.6. The molecule has 0 unspecified atom stereocenters. The van der Waals surface area contributed by atoms with E-state index in [1.54, 1.807) is 0 Å². The molecule has 1 aliphatic heterocycles. The molecule has 1 heterocycles. The summed E-state index contributed by atoms with van der Waals surface area (Å²) in [6.45, 7) is 3.94. The minimum absolute atomic E-state index is 0.215. The van der Waals surface area contributed by atoms with Gasteiger partial charge in [0.25, 0.3) is 0 Å². The van der Waals surface area contributed by atoms with E-state index in [4.69, 9.17) is 10.5 Å². The highest BCUT2D eigenvalue weighted by Crippen LogP contribution is 2.41. The lowest BCUT2D eigenvalue weighted by Gasteiger charge is -2.40. The average Bonchev–Trinajstić information content (AvgIpc) is 2.39. The second kappa shape index (κ2) is 5.17. The third kappa shape index (κ3) is 2.51. The van der Waals surface area contributed by atoms with Gasteiger partial charge in [0.15, 0.2) is 0 Å². The third-order valence-corrected chi connectivity index (χ3v) is 3.87. The maximum Gasteiger partial charge on any atom is 0.0860 e. The number of ether oxygens (including phenoxy) is 1. The first kappa shape index (κ1) is 12.6. The Balaban J connectivity index is 2.21. The van der Waals surface area contributed by atoms with Crippen LogP contribution in [0.5, 0.6) is 0 Å². The van der Waals surface area contributed by atoms with Gasteiger partial charge in [-0.2, -0.15) is 0 Å². The molecule has 1 aromatic rings. The van der Waals surface area contributed by atoms with Crippen molar-refractivity contribution in [2.24, 2.45) is 11.1 Å². The number of rotatable bonds is 3. The van der Waals surface area contributed by atoms with Gasteiger partial charge < -0.3 is 15.6 Å². The van der Waals surface area contributed by atoms with Crippen molar-refractivity contribution < 1.29 is 9.84 Å². The van der Waals surface area contributed by atoms with E-state index in [0.717, 1.165) is 18.4 Å². The van der Waals surface area contributed by atoms with Crippen molar-refractivity contribution in [2.75, 3.05) is 19.8 Å². The van der Waals surface area contributed by atoms with E-state index in [0.29, 0.717) is 19.8 Å². The first-order chi connectivity index (χ1) is 8.18. The number of benzene rings is 1. The molecule has 17 heavy (non-hydrogen) atoms. The fourth-order valence-electron chi connectivity index (χ4n) is 2.47. The summed E-state index contributed by atoms with van der Waals surface area (Å²) in [6, 6.07) is 8.05. The van der Waals surface area contributed by atoms with E-state index in [1.165, 1.54) is 5.56 Å². The molecule has 3 heteroatoms. The fraction of sp³-hybridized carbons (Fsp3) is 0.571. The number of aryl methyl sites for hydroxylation is 1. The Kier molecular flexibility index (Phi) is 3.82. The van der Waals surface area contributed by atoms with Crippen LogP contribution in [-0.4, -0.2) is 24.9 Å². The molecular weight excluding hydrogens is 214 g/mol. The summed E-state index contributed by atoms with van der Waals surface area (Å²) in [5.74, 6) is 0. The van der Waals surface area contributed by atoms with E-state index in [2.05, 4.69) is 0 Å². The Hall–Kier alpha value is -0.900. The van der Waals surface area contributed by atoms with E-state index < -0.39 is 6.10 Å². The van der Waals surface area contributed by atoms with Crippen molar-refractivity contribution in [3.63, 3.8) is 0 Å². The van der Waals surface area contributed by atoms with E-state index in [9.17, 15) is 5.11 Å². The molecule has 1 saturated heterocycles. The summed E-state index contributed by atoms with van der Waals surface area (Å²) in [5, 5.41) is 10.6. The molecule has 2 rings (SSSR count). The Morgan fingerprint density at radius 3 is 2.41 bits per heavy atom. The van der Waals surface area contributed by atoms with Crippen LogP contribution >= 0.6 is 0 Å². The van der Waals surface area contributed by atoms with Gasteiger partial charge in [0.05, 0.1) is 6.10 Å². The van der Waals surface area contributed by atoms with E-state index in [-0.39, 0.29) is 5.41 Å². The van der Waals surface area contributed by atoms with Gasteiger partial charge in [0.1, 0.15) is 0 Å². The molecule has 1 atom stereocenters. The van der Waals surface area contributed by atoms with Crippen molar-refractivity contribution >= 4 is 0 Å². The van der Waals surface area contributed by atoms with Gasteiger partial charge >= 0.3 is 0 Å². The van der Waals surface area contributed by atoms with Crippen LogP contribution in [-0.2, 0) is 4.74 Å². The van der Waals surface area contributed by atoms with Gasteiger partial charge in [-0.05, 0) is 25.3 Å². The minimum Gasteiger partial charge on any atom is -0.388 e. The van der Waals surface area contributed by atoms with Crippen LogP contribution in [0.1, 0.15) is 30.1 Å². The Morgan fingerprint density at radius 2 is 1.88 bits per heavy atom. The largest absolute Gasteiger partial charge is 0.388 e. The summed E-state index contributed by atoms with van der Waals surface area (Å²) < 4.78 is 5.37. The van der Waals surface area contributed by atoms with E-state index in [1.807, 2.05) is 31.2 Å². The zero-order chi connectivity index (χ0) is 12.3. The smallest absolute Gasteiger partial charge is 0.0860 e. The highest BCUT2D eigenvalue weighted by Gasteiger charge is 2.39. The van der Waals surface area contributed by atoms with Crippen LogP contribution in [0.4, 0.5) is 0 Å². The van der Waals surface area contributed by atoms with Crippen molar-refractivity contribution in [1.82, 2.24) is 0 Å². The van der Waals surface area contributed by atoms with Crippen LogP contribution in [0.15, 0.2) is 24.3 Å². The van der Waals surface area contributed by atoms with Crippen molar-refractivity contribution in [2.45, 2.75) is 25.9 Å². The molecule has 0 aromatic heterocycles. The van der Waals surface area contributed by atoms with Crippen LogP contribution in [0, 0.1) is 12.3 Å². The molecule has 1 aromatic carbocycles. The predicted octanol–water partition coefficient (Wildman–Crippen LogP) is 1.78. The summed E-state index contributed by atoms with van der Waals surface area (Å²) in [6.07, 6.45) is 1.17. The molecule has 0 bridgehead atoms. The number of hydrogen-bond donors (Lipinski definition) is 2. The number of hydrogen-bond acceptors (Lipinski definition) is 3. The number of aliphatic hydroxyl groups is 1. The van der Waals surface area contributed by atoms with Crippen LogP contribution < -0.4 is 5.73 Å². The second-order valence-electron chi connectivity index (χ2n) is 4.99. The number of nitrogens with two attached hydrogens (primary N) is 1. The monoisotopic (exact) mass is 235 g/mol. The Morgan fingerprint density at radius 1 is 1.29 bits per heavy atom. The molecule has 3 N–H and O–H groups in total. The third-order valence-electron chi connectivity index (χ3n) is 3.87.